The fraction of sp³-hybridized carbons (Fsp3) is 0.462. The number of nitrogens with one attached hydrogen (secondary N) is 1. The van der Waals surface area contributed by atoms with Crippen LogP contribution in [0.3, 0.4) is 0 Å². The van der Waals surface area contributed by atoms with Crippen LogP contribution in [0.25, 0.3) is 6.08 Å². The summed E-state index contributed by atoms with van der Waals surface area (Å²) < 4.78 is 10.6. The maximum absolute atomic E-state index is 11.7. The van der Waals surface area contributed by atoms with Gasteiger partial charge in [0.25, 0.3) is 0 Å². The smallest absolute Gasteiger partial charge is 0.244 e. The van der Waals surface area contributed by atoms with Crippen molar-refractivity contribution in [1.29, 1.82) is 0 Å². The lowest BCUT2D eigenvalue weighted by Crippen LogP contribution is -2.64. The molecule has 1 amide bonds. The molecule has 0 bridgehead atoms. The maximum Gasteiger partial charge on any atom is 0.244 e. The van der Waals surface area contributed by atoms with Gasteiger partial charge in [0, 0.05) is 18.7 Å². The van der Waals surface area contributed by atoms with Crippen molar-refractivity contribution in [2.75, 3.05) is 6.61 Å². The molecule has 0 radical (unpaired) electrons. The summed E-state index contributed by atoms with van der Waals surface area (Å²) in [7, 11) is 0. The van der Waals surface area contributed by atoms with Crippen LogP contribution in [-0.2, 0) is 9.53 Å². The number of ether oxygens (including phenoxy) is 1. The number of furan rings is 1. The molecule has 0 spiro atoms. The van der Waals surface area contributed by atoms with Gasteiger partial charge in [0.05, 0.1) is 18.4 Å². The Morgan fingerprint density at radius 2 is 2.56 bits per heavy atom. The van der Waals surface area contributed by atoms with E-state index in [1.54, 1.807) is 24.5 Å². The Balaban J connectivity index is 1.83. The van der Waals surface area contributed by atoms with Gasteiger partial charge < -0.3 is 20.2 Å². The van der Waals surface area contributed by atoms with Crippen LogP contribution in [0, 0.1) is 0 Å². The predicted molar refractivity (Wildman–Crippen MR) is 67.7 cm³/mol. The highest BCUT2D eigenvalue weighted by atomic mass is 16.5. The topological polar surface area (TPSA) is 77.5 Å². The molecule has 5 heteroatoms. The Hall–Kier alpha value is -1.59. The Labute approximate surface area is 106 Å². The van der Waals surface area contributed by atoms with Crippen LogP contribution in [-0.4, -0.2) is 30.7 Å². The minimum Gasteiger partial charge on any atom is -0.465 e. The zero-order valence-corrected chi connectivity index (χ0v) is 10.3. The molecule has 0 saturated heterocycles. The summed E-state index contributed by atoms with van der Waals surface area (Å²) in [5.41, 5.74) is 5.85. The molecule has 1 aliphatic rings. The normalized spacial score (nSPS) is 27.1. The number of carbonyl (C=O) groups excluding carboxylic acids is 1. The molecule has 3 unspecified atom stereocenters. The molecule has 1 fully saturated rings. The van der Waals surface area contributed by atoms with E-state index in [1.165, 1.54) is 6.08 Å². The second-order valence-corrected chi connectivity index (χ2v) is 4.28. The zero-order valence-electron chi connectivity index (χ0n) is 10.3. The quantitative estimate of drug-likeness (QED) is 0.762. The highest BCUT2D eigenvalue weighted by Gasteiger charge is 2.39. The first-order valence-corrected chi connectivity index (χ1v) is 6.10. The molecule has 3 N–H and O–H groups in total. The van der Waals surface area contributed by atoms with Gasteiger partial charge in [0.1, 0.15) is 5.76 Å². The van der Waals surface area contributed by atoms with E-state index in [0.29, 0.717) is 12.4 Å². The fourth-order valence-corrected chi connectivity index (χ4v) is 1.98. The standard InChI is InChI=1S/C13H18N2O3/c1-2-17-11-8-10(14)13(11)15-12(16)6-5-9-4-3-7-18-9/h3-7,10-11,13H,2,8,14H2,1H3,(H,15,16). The molecular weight excluding hydrogens is 232 g/mol. The van der Waals surface area contributed by atoms with Crippen LogP contribution < -0.4 is 11.1 Å². The van der Waals surface area contributed by atoms with Crippen molar-refractivity contribution in [2.45, 2.75) is 31.5 Å². The highest BCUT2D eigenvalue weighted by Crippen LogP contribution is 2.22. The van der Waals surface area contributed by atoms with E-state index in [2.05, 4.69) is 5.32 Å². The Morgan fingerprint density at radius 3 is 3.17 bits per heavy atom. The van der Waals surface area contributed by atoms with Gasteiger partial charge in [0.2, 0.25) is 5.91 Å². The van der Waals surface area contributed by atoms with Crippen molar-refractivity contribution in [2.24, 2.45) is 5.73 Å². The molecule has 18 heavy (non-hydrogen) atoms. The third-order valence-electron chi connectivity index (χ3n) is 3.00. The average Bonchev–Trinajstić information content (AvgIpc) is 2.86. The third kappa shape index (κ3) is 3.00. The first kappa shape index (κ1) is 12.9. The molecule has 1 aromatic heterocycles. The van der Waals surface area contributed by atoms with Crippen LogP contribution in [0.2, 0.25) is 0 Å². The molecule has 1 aromatic rings. The van der Waals surface area contributed by atoms with Crippen molar-refractivity contribution in [3.05, 3.63) is 30.2 Å². The molecule has 3 atom stereocenters. The summed E-state index contributed by atoms with van der Waals surface area (Å²) in [4.78, 5) is 11.7. The summed E-state index contributed by atoms with van der Waals surface area (Å²) in [5, 5.41) is 2.85. The molecular formula is C13H18N2O3. The first-order chi connectivity index (χ1) is 8.70. The van der Waals surface area contributed by atoms with Gasteiger partial charge in [-0.1, -0.05) is 0 Å². The highest BCUT2D eigenvalue weighted by molar-refractivity contribution is 5.91. The van der Waals surface area contributed by atoms with E-state index in [-0.39, 0.29) is 24.1 Å². The molecule has 5 nitrogen and oxygen atoms in total. The van der Waals surface area contributed by atoms with Gasteiger partial charge in [-0.15, -0.1) is 0 Å². The van der Waals surface area contributed by atoms with Gasteiger partial charge in [0.15, 0.2) is 0 Å². The fourth-order valence-electron chi connectivity index (χ4n) is 1.98. The average molecular weight is 250 g/mol. The molecule has 0 aliphatic heterocycles. The van der Waals surface area contributed by atoms with Gasteiger partial charge in [-0.3, -0.25) is 4.79 Å². The second-order valence-electron chi connectivity index (χ2n) is 4.28. The van der Waals surface area contributed by atoms with Crippen LogP contribution in [0.15, 0.2) is 28.9 Å². The van der Waals surface area contributed by atoms with Crippen LogP contribution in [0.5, 0.6) is 0 Å². The maximum atomic E-state index is 11.7. The minimum absolute atomic E-state index is 0.0255. The van der Waals surface area contributed by atoms with E-state index in [4.69, 9.17) is 14.9 Å². The van der Waals surface area contributed by atoms with Crippen molar-refractivity contribution < 1.29 is 13.9 Å². The van der Waals surface area contributed by atoms with Crippen molar-refractivity contribution in [3.8, 4) is 0 Å². The molecule has 1 aliphatic carbocycles. The van der Waals surface area contributed by atoms with E-state index in [9.17, 15) is 4.79 Å². The molecule has 1 saturated carbocycles. The number of rotatable bonds is 5. The SMILES string of the molecule is CCOC1CC(N)C1NC(=O)C=Cc1ccco1. The summed E-state index contributed by atoms with van der Waals surface area (Å²) >= 11 is 0. The Kier molecular flexibility index (Phi) is 4.17. The number of hydrogen-bond acceptors (Lipinski definition) is 4. The number of carbonyl (C=O) groups is 1. The summed E-state index contributed by atoms with van der Waals surface area (Å²) in [6.45, 7) is 2.56. The van der Waals surface area contributed by atoms with Gasteiger partial charge in [-0.05, 0) is 31.6 Å². The molecule has 98 valence electrons. The Morgan fingerprint density at radius 1 is 1.72 bits per heavy atom. The van der Waals surface area contributed by atoms with E-state index < -0.39 is 0 Å². The van der Waals surface area contributed by atoms with Crippen LogP contribution >= 0.6 is 0 Å². The largest absolute Gasteiger partial charge is 0.465 e. The van der Waals surface area contributed by atoms with Gasteiger partial charge in [-0.2, -0.15) is 0 Å². The van der Waals surface area contributed by atoms with E-state index >= 15 is 0 Å². The second kappa shape index (κ2) is 5.84. The van der Waals surface area contributed by atoms with Crippen LogP contribution in [0.4, 0.5) is 0 Å². The first-order valence-electron chi connectivity index (χ1n) is 6.10. The summed E-state index contributed by atoms with van der Waals surface area (Å²) in [6, 6.07) is 3.42. The number of hydrogen-bond donors (Lipinski definition) is 2. The molecule has 2 rings (SSSR count). The number of amides is 1. The number of nitrogens with two attached hydrogens (primary N) is 1. The van der Waals surface area contributed by atoms with Crippen molar-refractivity contribution in [1.82, 2.24) is 5.32 Å². The molecule has 1 heterocycles. The summed E-state index contributed by atoms with van der Waals surface area (Å²) in [5.74, 6) is 0.459. The van der Waals surface area contributed by atoms with Crippen molar-refractivity contribution in [3.63, 3.8) is 0 Å². The third-order valence-corrected chi connectivity index (χ3v) is 3.00. The summed E-state index contributed by atoms with van der Waals surface area (Å²) in [6.07, 6.45) is 5.44. The zero-order chi connectivity index (χ0) is 13.0. The van der Waals surface area contributed by atoms with E-state index in [0.717, 1.165) is 6.42 Å². The van der Waals surface area contributed by atoms with Crippen molar-refractivity contribution >= 4 is 12.0 Å². The van der Waals surface area contributed by atoms with Gasteiger partial charge >= 0.3 is 0 Å². The van der Waals surface area contributed by atoms with Crippen LogP contribution in [0.1, 0.15) is 19.1 Å². The lowest BCUT2D eigenvalue weighted by Gasteiger charge is -2.42. The monoisotopic (exact) mass is 250 g/mol. The lowest BCUT2D eigenvalue weighted by atomic mass is 9.83. The molecule has 0 aromatic carbocycles. The lowest BCUT2D eigenvalue weighted by molar-refractivity contribution is -0.121. The van der Waals surface area contributed by atoms with E-state index in [1.807, 2.05) is 6.92 Å². The predicted octanol–water partition coefficient (Wildman–Crippen LogP) is 0.914. The van der Waals surface area contributed by atoms with Gasteiger partial charge in [-0.25, -0.2) is 0 Å². The minimum atomic E-state index is -0.184. The Bertz CT molecular complexity index is 412.